The Bertz CT molecular complexity index is 820. The molecule has 1 unspecified atom stereocenters. The monoisotopic (exact) mass is 376 g/mol. The van der Waals surface area contributed by atoms with Crippen LogP contribution in [0.25, 0.3) is 0 Å². The molecule has 138 valence electrons. The molecule has 1 aromatic rings. The van der Waals surface area contributed by atoms with Crippen LogP contribution in [0.5, 0.6) is 0 Å². The third kappa shape index (κ3) is 3.88. The Hall–Kier alpha value is -2.39. The van der Waals surface area contributed by atoms with Crippen LogP contribution >= 0.6 is 11.8 Å². The van der Waals surface area contributed by atoms with Crippen molar-refractivity contribution < 1.29 is 9.18 Å². The number of rotatable bonds is 6. The second-order valence-electron chi connectivity index (χ2n) is 6.35. The third-order valence-corrected chi connectivity index (χ3v) is 5.20. The lowest BCUT2D eigenvalue weighted by atomic mass is 10.1. The number of nitrogens with one attached hydrogen (secondary N) is 2. The van der Waals surface area contributed by atoms with Crippen molar-refractivity contribution in [1.82, 2.24) is 4.98 Å². The van der Waals surface area contributed by atoms with Gasteiger partial charge < -0.3 is 22.1 Å². The molecule has 7 nitrogen and oxygen atoms in total. The summed E-state index contributed by atoms with van der Waals surface area (Å²) in [5.41, 5.74) is 13.8. The number of aliphatic imine (C=N–C) groups is 1. The molecule has 0 saturated heterocycles. The minimum Gasteiger partial charge on any atom is -0.365 e. The summed E-state index contributed by atoms with van der Waals surface area (Å²) in [5, 5.41) is 6.03. The Morgan fingerprint density at radius 2 is 2.15 bits per heavy atom. The molecule has 3 rings (SSSR count). The van der Waals surface area contributed by atoms with E-state index < -0.39 is 11.7 Å². The second-order valence-corrected chi connectivity index (χ2v) is 7.27. The van der Waals surface area contributed by atoms with E-state index in [0.717, 1.165) is 11.8 Å². The number of amides is 1. The number of halogens is 1. The molecule has 1 aromatic heterocycles. The van der Waals surface area contributed by atoms with Crippen LogP contribution in [-0.2, 0) is 0 Å². The molecule has 0 bridgehead atoms. The van der Waals surface area contributed by atoms with Gasteiger partial charge in [-0.15, -0.1) is 0 Å². The van der Waals surface area contributed by atoms with E-state index in [0.29, 0.717) is 6.42 Å². The van der Waals surface area contributed by atoms with Crippen LogP contribution in [0.4, 0.5) is 16.0 Å². The summed E-state index contributed by atoms with van der Waals surface area (Å²) < 4.78 is 14.3. The quantitative estimate of drug-likeness (QED) is 0.604. The van der Waals surface area contributed by atoms with Crippen LogP contribution < -0.4 is 22.1 Å². The zero-order chi connectivity index (χ0) is 18.8. The largest absolute Gasteiger partial charge is 0.365 e. The maximum absolute atomic E-state index is 14.3. The van der Waals surface area contributed by atoms with Crippen LogP contribution in [0.3, 0.4) is 0 Å². The molecule has 0 radical (unpaired) electrons. The fourth-order valence-corrected chi connectivity index (χ4v) is 3.32. The fourth-order valence-electron chi connectivity index (χ4n) is 2.54. The number of primary amides is 1. The molecule has 26 heavy (non-hydrogen) atoms. The van der Waals surface area contributed by atoms with Gasteiger partial charge in [0.1, 0.15) is 5.82 Å². The van der Waals surface area contributed by atoms with Crippen molar-refractivity contribution in [3.05, 3.63) is 40.2 Å². The number of aromatic nitrogens is 1. The highest BCUT2D eigenvalue weighted by Gasteiger charge is 2.24. The molecular formula is C17H21FN6OS. The number of nitrogens with two attached hydrogens (primary N) is 2. The van der Waals surface area contributed by atoms with E-state index in [1.807, 2.05) is 31.5 Å². The van der Waals surface area contributed by atoms with Crippen LogP contribution in [-0.4, -0.2) is 34.6 Å². The number of hydrogen-bond acceptors (Lipinski definition) is 7. The molecule has 0 saturated carbocycles. The number of anilines is 2. The fraction of sp³-hybridized carbons (Fsp3) is 0.353. The van der Waals surface area contributed by atoms with Crippen molar-refractivity contribution in [1.29, 1.82) is 0 Å². The number of allylic oxidation sites excluding steroid dienone is 2. The third-order valence-electron chi connectivity index (χ3n) is 4.29. The van der Waals surface area contributed by atoms with Gasteiger partial charge in [0, 0.05) is 29.1 Å². The Labute approximate surface area is 155 Å². The highest BCUT2D eigenvalue weighted by atomic mass is 32.2. The average Bonchev–Trinajstić information content (AvgIpc) is 3.04. The normalized spacial score (nSPS) is 20.7. The maximum Gasteiger partial charge on any atom is 0.252 e. The van der Waals surface area contributed by atoms with Gasteiger partial charge in [0.05, 0.1) is 17.2 Å². The minimum atomic E-state index is -0.757. The zero-order valence-corrected chi connectivity index (χ0v) is 15.3. The van der Waals surface area contributed by atoms with Gasteiger partial charge in [-0.05, 0) is 32.1 Å². The van der Waals surface area contributed by atoms with Crippen molar-refractivity contribution in [2.24, 2.45) is 16.5 Å². The van der Waals surface area contributed by atoms with E-state index in [9.17, 15) is 9.18 Å². The summed E-state index contributed by atoms with van der Waals surface area (Å²) in [7, 11) is 0. The van der Waals surface area contributed by atoms with E-state index >= 15 is 0 Å². The standard InChI is InChI=1S/C17H21FN6OS/c1-8(19)9(2)22-17-12(18)6-11(15(20)25)16(24-17)23-10-3-4-14-13(5-10)21-7-26-14/h3-4,6-9,13H,5,19H2,1-2H3,(H2,20,25)(H2,22,23,24)/t8-,9+,13?/m0/s1. The van der Waals surface area contributed by atoms with Gasteiger partial charge in [0.2, 0.25) is 0 Å². The first-order valence-electron chi connectivity index (χ1n) is 8.23. The highest BCUT2D eigenvalue weighted by molar-refractivity contribution is 8.15. The topological polar surface area (TPSA) is 118 Å². The average molecular weight is 376 g/mol. The van der Waals surface area contributed by atoms with Gasteiger partial charge in [-0.25, -0.2) is 9.37 Å². The molecular weight excluding hydrogens is 355 g/mol. The lowest BCUT2D eigenvalue weighted by Crippen LogP contribution is -2.36. The maximum atomic E-state index is 14.3. The second kappa shape index (κ2) is 7.46. The van der Waals surface area contributed by atoms with Crippen molar-refractivity contribution in [3.8, 4) is 0 Å². The smallest absolute Gasteiger partial charge is 0.252 e. The van der Waals surface area contributed by atoms with Gasteiger partial charge in [0.15, 0.2) is 11.6 Å². The molecule has 1 aliphatic heterocycles. The number of fused-ring (bicyclic) bond motifs is 1. The predicted molar refractivity (Wildman–Crippen MR) is 104 cm³/mol. The Kier molecular flexibility index (Phi) is 5.28. The molecule has 0 aromatic carbocycles. The van der Waals surface area contributed by atoms with Gasteiger partial charge in [-0.3, -0.25) is 9.79 Å². The van der Waals surface area contributed by atoms with E-state index in [4.69, 9.17) is 11.5 Å². The molecule has 0 fully saturated rings. The van der Waals surface area contributed by atoms with Gasteiger partial charge >= 0.3 is 0 Å². The Balaban J connectivity index is 1.89. The number of pyridine rings is 1. The van der Waals surface area contributed by atoms with Crippen LogP contribution in [0, 0.1) is 5.82 Å². The van der Waals surface area contributed by atoms with Crippen LogP contribution in [0.15, 0.2) is 33.8 Å². The van der Waals surface area contributed by atoms with E-state index in [1.54, 1.807) is 11.8 Å². The van der Waals surface area contributed by atoms with Crippen molar-refractivity contribution >= 4 is 34.9 Å². The number of thioether (sulfide) groups is 1. The summed E-state index contributed by atoms with van der Waals surface area (Å²) in [5.74, 6) is -1.19. The van der Waals surface area contributed by atoms with Crippen molar-refractivity contribution in [3.63, 3.8) is 0 Å². The number of carbonyl (C=O) groups is 1. The zero-order valence-electron chi connectivity index (χ0n) is 14.5. The number of carbonyl (C=O) groups excluding carboxylic acids is 1. The SMILES string of the molecule is C[C@H](N)[C@@H](C)Nc1nc(NC2=CC=C3SC=NC3C2)c(C(N)=O)cc1F. The molecule has 0 spiro atoms. The molecule has 6 N–H and O–H groups in total. The van der Waals surface area contributed by atoms with Gasteiger partial charge in [-0.2, -0.15) is 0 Å². The van der Waals surface area contributed by atoms with Crippen molar-refractivity contribution in [2.75, 3.05) is 10.6 Å². The molecule has 2 aliphatic rings. The number of hydrogen-bond donors (Lipinski definition) is 4. The first-order chi connectivity index (χ1) is 12.3. The van der Waals surface area contributed by atoms with Crippen LogP contribution in [0.2, 0.25) is 0 Å². The van der Waals surface area contributed by atoms with Gasteiger partial charge in [0.25, 0.3) is 5.91 Å². The van der Waals surface area contributed by atoms with Gasteiger partial charge in [-0.1, -0.05) is 11.8 Å². The van der Waals surface area contributed by atoms with E-state index in [1.165, 1.54) is 4.91 Å². The molecule has 1 aliphatic carbocycles. The first kappa shape index (κ1) is 18.4. The molecule has 1 amide bonds. The first-order valence-corrected chi connectivity index (χ1v) is 9.11. The highest BCUT2D eigenvalue weighted by Crippen LogP contribution is 2.34. The number of nitrogens with zero attached hydrogens (tertiary/aromatic N) is 2. The molecule has 9 heteroatoms. The van der Waals surface area contributed by atoms with E-state index in [2.05, 4.69) is 20.6 Å². The summed E-state index contributed by atoms with van der Waals surface area (Å²) in [4.78, 5) is 21.5. The van der Waals surface area contributed by atoms with E-state index in [-0.39, 0.29) is 35.3 Å². The minimum absolute atomic E-state index is 0.0125. The summed E-state index contributed by atoms with van der Waals surface area (Å²) in [6.07, 6.45) is 4.52. The summed E-state index contributed by atoms with van der Waals surface area (Å²) >= 11 is 1.59. The summed E-state index contributed by atoms with van der Waals surface area (Å²) in [6.45, 7) is 3.63. The lowest BCUT2D eigenvalue weighted by Gasteiger charge is -2.21. The summed E-state index contributed by atoms with van der Waals surface area (Å²) in [6, 6.07) is 0.752. The molecule has 2 heterocycles. The van der Waals surface area contributed by atoms with Crippen LogP contribution in [0.1, 0.15) is 30.6 Å². The van der Waals surface area contributed by atoms with Crippen molar-refractivity contribution in [2.45, 2.75) is 38.4 Å². The molecule has 3 atom stereocenters. The Morgan fingerprint density at radius 3 is 2.85 bits per heavy atom. The lowest BCUT2D eigenvalue weighted by molar-refractivity contribution is 0.100. The predicted octanol–water partition coefficient (Wildman–Crippen LogP) is 2.19. The Morgan fingerprint density at radius 1 is 1.38 bits per heavy atom.